The Morgan fingerprint density at radius 1 is 1.08 bits per heavy atom. The van der Waals surface area contributed by atoms with Gasteiger partial charge in [-0.3, -0.25) is 9.10 Å². The zero-order valence-corrected chi connectivity index (χ0v) is 29.6. The first kappa shape index (κ1) is 34.2. The van der Waals surface area contributed by atoms with Gasteiger partial charge in [0, 0.05) is 49.2 Å². The van der Waals surface area contributed by atoms with Gasteiger partial charge in [0.05, 0.1) is 31.0 Å². The number of rotatable bonds is 12. The van der Waals surface area contributed by atoms with E-state index in [-0.39, 0.29) is 23.5 Å². The van der Waals surface area contributed by atoms with Crippen LogP contribution >= 0.6 is 0 Å². The van der Waals surface area contributed by atoms with Crippen LogP contribution in [0, 0.1) is 5.92 Å². The topological polar surface area (TPSA) is 98.1 Å². The van der Waals surface area contributed by atoms with Crippen molar-refractivity contribution in [3.8, 4) is 5.75 Å². The molecule has 1 saturated heterocycles. The number of aromatic nitrogens is 1. The van der Waals surface area contributed by atoms with Gasteiger partial charge >= 0.3 is 0 Å². The second-order valence-corrected chi connectivity index (χ2v) is 16.9. The van der Waals surface area contributed by atoms with E-state index in [0.29, 0.717) is 50.3 Å². The van der Waals surface area contributed by atoms with Gasteiger partial charge in [0.25, 0.3) is 0 Å². The predicted octanol–water partition coefficient (Wildman–Crippen LogP) is 6.70. The minimum absolute atomic E-state index is 0.107. The monoisotopic (exact) mass is 672 g/mol. The molecule has 1 N–H and O–H groups in total. The van der Waals surface area contributed by atoms with E-state index in [0.717, 1.165) is 46.2 Å². The third-order valence-electron chi connectivity index (χ3n) is 10.7. The van der Waals surface area contributed by atoms with Crippen LogP contribution < -0.4 is 9.04 Å². The van der Waals surface area contributed by atoms with E-state index in [1.165, 1.54) is 4.31 Å². The summed E-state index contributed by atoms with van der Waals surface area (Å²) in [6.07, 6.45) is 4.80. The number of aliphatic hydroxyl groups is 1. The van der Waals surface area contributed by atoms with Gasteiger partial charge < -0.3 is 19.1 Å². The van der Waals surface area contributed by atoms with E-state index in [9.17, 15) is 18.3 Å². The van der Waals surface area contributed by atoms with Gasteiger partial charge in [-0.25, -0.2) is 8.42 Å². The molecule has 0 saturated carbocycles. The number of ether oxygens (including phenoxy) is 2. The molecule has 3 aromatic carbocycles. The Hall–Kier alpha value is -3.66. The minimum Gasteiger partial charge on any atom is -0.497 e. The predicted molar refractivity (Wildman–Crippen MR) is 191 cm³/mol. The number of hydrogen-bond acceptors (Lipinski definition) is 6. The number of methoxy groups -OCH3 is 1. The van der Waals surface area contributed by atoms with Crippen LogP contribution in [0.15, 0.2) is 72.9 Å². The molecule has 3 heterocycles. The van der Waals surface area contributed by atoms with Crippen LogP contribution in [-0.2, 0) is 39.6 Å². The van der Waals surface area contributed by atoms with E-state index < -0.39 is 20.9 Å². The highest BCUT2D eigenvalue weighted by Crippen LogP contribution is 2.42. The lowest BCUT2D eigenvalue weighted by Gasteiger charge is -2.31. The van der Waals surface area contributed by atoms with Crippen LogP contribution in [0.3, 0.4) is 0 Å². The maximum absolute atomic E-state index is 14.3. The van der Waals surface area contributed by atoms with Crippen LogP contribution in [0.25, 0.3) is 10.9 Å². The largest absolute Gasteiger partial charge is 0.497 e. The molecule has 9 heteroatoms. The molecule has 2 aliphatic rings. The van der Waals surface area contributed by atoms with Crippen molar-refractivity contribution < 1.29 is 27.8 Å². The first-order valence-corrected chi connectivity index (χ1v) is 18.4. The van der Waals surface area contributed by atoms with Crippen molar-refractivity contribution in [1.82, 2.24) is 4.57 Å². The molecule has 1 aromatic heterocycles. The number of ketones is 1. The molecule has 0 amide bonds. The summed E-state index contributed by atoms with van der Waals surface area (Å²) in [7, 11) is -0.457. The summed E-state index contributed by atoms with van der Waals surface area (Å²) in [5.74, 6) is 0.348. The van der Waals surface area contributed by atoms with Crippen molar-refractivity contribution in [3.63, 3.8) is 0 Å². The van der Waals surface area contributed by atoms with Gasteiger partial charge in [0.2, 0.25) is 10.0 Å². The lowest BCUT2D eigenvalue weighted by molar-refractivity contribution is 0.0698. The van der Waals surface area contributed by atoms with E-state index >= 15 is 0 Å². The molecule has 0 radical (unpaired) electrons. The molecule has 1 fully saturated rings. The van der Waals surface area contributed by atoms with Gasteiger partial charge in [0.15, 0.2) is 5.78 Å². The lowest BCUT2D eigenvalue weighted by atomic mass is 9.74. The molecule has 8 nitrogen and oxygen atoms in total. The normalized spacial score (nSPS) is 21.2. The average Bonchev–Trinajstić information content (AvgIpc) is 3.70. The van der Waals surface area contributed by atoms with Gasteiger partial charge in [-0.2, -0.15) is 0 Å². The molecule has 48 heavy (non-hydrogen) atoms. The number of hydrogen-bond donors (Lipinski definition) is 1. The summed E-state index contributed by atoms with van der Waals surface area (Å²) in [5.41, 5.74) is 4.85. The van der Waals surface area contributed by atoms with Crippen molar-refractivity contribution in [2.75, 3.05) is 31.7 Å². The highest BCUT2D eigenvalue weighted by atomic mass is 32.2. The summed E-state index contributed by atoms with van der Waals surface area (Å²) in [4.78, 5) is 14.3. The summed E-state index contributed by atoms with van der Waals surface area (Å²) < 4.78 is 41.1. The zero-order valence-electron chi connectivity index (χ0n) is 28.7. The Bertz CT molecular complexity index is 1890. The Morgan fingerprint density at radius 3 is 2.54 bits per heavy atom. The summed E-state index contributed by atoms with van der Waals surface area (Å²) in [5, 5.41) is 12.8. The van der Waals surface area contributed by atoms with Gasteiger partial charge in [-0.05, 0) is 92.8 Å². The van der Waals surface area contributed by atoms with E-state index in [1.807, 2.05) is 59.3 Å². The third-order valence-corrected chi connectivity index (χ3v) is 13.2. The maximum Gasteiger partial charge on any atom is 0.241 e. The van der Waals surface area contributed by atoms with E-state index in [2.05, 4.69) is 19.1 Å². The third kappa shape index (κ3) is 6.28. The first-order valence-electron chi connectivity index (χ1n) is 17.0. The number of aryl methyl sites for hydroxylation is 1. The fourth-order valence-electron chi connectivity index (χ4n) is 7.69. The Kier molecular flexibility index (Phi) is 9.50. The SMILES string of the molecule is CCc1cn2c3c(cc(C(=O)C[C@@H](Cc4ccccc4)[C@H](O)CCC4(c5cccc(OC)c5)CCOC4)cc13)N(C)S(=O)(=O)C(C)(C)C2. The molecular formula is C39H48N2O6S. The maximum atomic E-state index is 14.3. The average molecular weight is 673 g/mol. The second kappa shape index (κ2) is 13.3. The molecule has 4 aromatic rings. The number of carbonyl (C=O) groups is 1. The van der Waals surface area contributed by atoms with Crippen LogP contribution in [-0.4, -0.2) is 62.1 Å². The fourth-order valence-corrected chi connectivity index (χ4v) is 9.14. The smallest absolute Gasteiger partial charge is 0.241 e. The number of sulfonamides is 1. The molecule has 2 aliphatic heterocycles. The molecule has 3 atom stereocenters. The lowest BCUT2D eigenvalue weighted by Crippen LogP contribution is -2.44. The molecular weight excluding hydrogens is 625 g/mol. The molecule has 6 rings (SSSR count). The number of nitrogens with zero attached hydrogens (tertiary/aromatic N) is 2. The van der Waals surface area contributed by atoms with Crippen LogP contribution in [0.4, 0.5) is 5.69 Å². The number of carbonyl (C=O) groups excluding carboxylic acids is 1. The summed E-state index contributed by atoms with van der Waals surface area (Å²) >= 11 is 0. The minimum atomic E-state index is -3.70. The second-order valence-electron chi connectivity index (χ2n) is 14.3. The number of aliphatic hydroxyl groups excluding tert-OH is 1. The zero-order chi connectivity index (χ0) is 34.3. The van der Waals surface area contributed by atoms with Crippen molar-refractivity contribution in [3.05, 3.63) is 95.2 Å². The number of benzene rings is 3. The van der Waals surface area contributed by atoms with Crippen LogP contribution in [0.5, 0.6) is 5.75 Å². The Morgan fingerprint density at radius 2 is 1.85 bits per heavy atom. The van der Waals surface area contributed by atoms with Gasteiger partial charge in [-0.1, -0.05) is 49.4 Å². The van der Waals surface area contributed by atoms with Crippen molar-refractivity contribution in [1.29, 1.82) is 0 Å². The van der Waals surface area contributed by atoms with Crippen molar-refractivity contribution >= 4 is 32.4 Å². The van der Waals surface area contributed by atoms with Crippen molar-refractivity contribution in [2.45, 2.75) is 82.1 Å². The van der Waals surface area contributed by atoms with Gasteiger partial charge in [-0.15, -0.1) is 0 Å². The molecule has 0 aliphatic carbocycles. The van der Waals surface area contributed by atoms with Crippen LogP contribution in [0.2, 0.25) is 0 Å². The summed E-state index contributed by atoms with van der Waals surface area (Å²) in [6.45, 7) is 7.13. The van der Waals surface area contributed by atoms with Crippen molar-refractivity contribution in [2.24, 2.45) is 5.92 Å². The van der Waals surface area contributed by atoms with Crippen LogP contribution in [0.1, 0.15) is 73.5 Å². The van der Waals surface area contributed by atoms with E-state index in [4.69, 9.17) is 9.47 Å². The first-order chi connectivity index (χ1) is 22.9. The molecule has 0 bridgehead atoms. The highest BCUT2D eigenvalue weighted by Gasteiger charge is 2.43. The molecule has 256 valence electrons. The molecule has 1 unspecified atom stereocenters. The summed E-state index contributed by atoms with van der Waals surface area (Å²) in [6, 6.07) is 21.7. The fraction of sp³-hybridized carbons (Fsp3) is 0.462. The van der Waals surface area contributed by atoms with E-state index in [1.54, 1.807) is 34.1 Å². The Labute approximate surface area is 284 Å². The number of Topliss-reactive ketones (excluding diaryl/α,β-unsaturated/α-hetero) is 1. The molecule has 0 spiro atoms. The Balaban J connectivity index is 1.31. The van der Waals surface area contributed by atoms with Gasteiger partial charge in [0.1, 0.15) is 10.5 Å². The standard InChI is InChI=1S/C39H48N2O6S/c1-6-28-24-41-25-38(2,3)48(44,45)40(4)34-21-30(20-33(28)37(34)41)36(43)22-29(19-27-11-8-7-9-12-27)35(42)15-16-39(17-18-47-26-39)31-13-10-14-32(23-31)46-5/h7-14,20-21,23-24,29,35,42H,6,15-19,22,25-26H2,1-5H3/t29-,35-,39?/m1/s1. The number of anilines is 1. The highest BCUT2D eigenvalue weighted by molar-refractivity contribution is 7.94. The quantitative estimate of drug-likeness (QED) is 0.168.